The van der Waals surface area contributed by atoms with Crippen LogP contribution < -0.4 is 0 Å². The Hall–Kier alpha value is -2.35. The van der Waals surface area contributed by atoms with Crippen LogP contribution in [0.3, 0.4) is 0 Å². The van der Waals surface area contributed by atoms with Crippen molar-refractivity contribution >= 4 is 11.9 Å². The third-order valence-corrected chi connectivity index (χ3v) is 3.43. The number of amides is 1. The summed E-state index contributed by atoms with van der Waals surface area (Å²) in [5.74, 6) is 5.18. The van der Waals surface area contributed by atoms with Crippen LogP contribution in [0.25, 0.3) is 0 Å². The van der Waals surface area contributed by atoms with Crippen molar-refractivity contribution in [1.82, 2.24) is 9.88 Å². The first-order chi connectivity index (χ1) is 10.8. The zero-order valence-electron chi connectivity index (χ0n) is 12.6. The highest BCUT2D eigenvalue weighted by Gasteiger charge is 2.18. The summed E-state index contributed by atoms with van der Waals surface area (Å²) in [6, 6.07) is 5.44. The van der Waals surface area contributed by atoms with Gasteiger partial charge in [0.15, 0.2) is 6.61 Å². The summed E-state index contributed by atoms with van der Waals surface area (Å²) in [4.78, 5) is 29.3. The molecule has 5 nitrogen and oxygen atoms in total. The van der Waals surface area contributed by atoms with Crippen LogP contribution in [0.4, 0.5) is 0 Å². The summed E-state index contributed by atoms with van der Waals surface area (Å²) < 4.78 is 5.05. The van der Waals surface area contributed by atoms with E-state index in [-0.39, 0.29) is 19.1 Å². The van der Waals surface area contributed by atoms with E-state index in [0.717, 1.165) is 25.7 Å². The van der Waals surface area contributed by atoms with Gasteiger partial charge in [-0.15, -0.1) is 0 Å². The first-order valence-corrected chi connectivity index (χ1v) is 7.59. The predicted octanol–water partition coefficient (Wildman–Crippen LogP) is 1.77. The van der Waals surface area contributed by atoms with Crippen molar-refractivity contribution in [2.45, 2.75) is 32.1 Å². The molecule has 0 aliphatic carbocycles. The molecule has 1 aliphatic heterocycles. The fourth-order valence-corrected chi connectivity index (χ4v) is 2.26. The van der Waals surface area contributed by atoms with Crippen LogP contribution in [0.1, 0.15) is 37.8 Å². The van der Waals surface area contributed by atoms with E-state index in [1.165, 1.54) is 0 Å². The molecular formula is C17H20N2O3. The highest BCUT2D eigenvalue weighted by molar-refractivity contribution is 5.82. The number of ether oxygens (including phenoxy) is 1. The molecule has 5 heteroatoms. The number of nitrogens with zero attached hydrogens (tertiary/aromatic N) is 2. The van der Waals surface area contributed by atoms with Crippen molar-refractivity contribution in [3.05, 3.63) is 30.1 Å². The SMILES string of the molecule is O=C(CN1CCCCCCC1=O)OCC#Cc1ccccn1. The van der Waals surface area contributed by atoms with Gasteiger partial charge in [0, 0.05) is 19.2 Å². The van der Waals surface area contributed by atoms with E-state index in [9.17, 15) is 9.59 Å². The Balaban J connectivity index is 1.75. The minimum Gasteiger partial charge on any atom is -0.451 e. The van der Waals surface area contributed by atoms with E-state index in [0.29, 0.717) is 18.7 Å². The van der Waals surface area contributed by atoms with Crippen molar-refractivity contribution in [1.29, 1.82) is 0 Å². The Labute approximate surface area is 130 Å². The minimum absolute atomic E-state index is 0.0113. The molecule has 0 bridgehead atoms. The van der Waals surface area contributed by atoms with Crippen LogP contribution >= 0.6 is 0 Å². The van der Waals surface area contributed by atoms with E-state index in [1.807, 2.05) is 12.1 Å². The van der Waals surface area contributed by atoms with E-state index < -0.39 is 5.97 Å². The highest BCUT2D eigenvalue weighted by Crippen LogP contribution is 2.11. The predicted molar refractivity (Wildman–Crippen MR) is 81.7 cm³/mol. The monoisotopic (exact) mass is 300 g/mol. The van der Waals surface area contributed by atoms with E-state index in [4.69, 9.17) is 4.74 Å². The molecule has 1 aromatic heterocycles. The Morgan fingerprint density at radius 1 is 1.27 bits per heavy atom. The second-order valence-electron chi connectivity index (χ2n) is 5.16. The first-order valence-electron chi connectivity index (χ1n) is 7.59. The van der Waals surface area contributed by atoms with Gasteiger partial charge in [-0.2, -0.15) is 0 Å². The Morgan fingerprint density at radius 3 is 2.95 bits per heavy atom. The van der Waals surface area contributed by atoms with E-state index in [2.05, 4.69) is 16.8 Å². The molecular weight excluding hydrogens is 280 g/mol. The summed E-state index contributed by atoms with van der Waals surface area (Å²) in [5.41, 5.74) is 0.637. The summed E-state index contributed by atoms with van der Waals surface area (Å²) in [5, 5.41) is 0. The number of esters is 1. The van der Waals surface area contributed by atoms with Crippen LogP contribution in [0.2, 0.25) is 0 Å². The summed E-state index contributed by atoms with van der Waals surface area (Å²) in [7, 11) is 0. The highest BCUT2D eigenvalue weighted by atomic mass is 16.5. The topological polar surface area (TPSA) is 59.5 Å². The van der Waals surface area contributed by atoms with Crippen molar-refractivity contribution in [3.8, 4) is 11.8 Å². The fraction of sp³-hybridized carbons (Fsp3) is 0.471. The van der Waals surface area contributed by atoms with Crippen LogP contribution in [0.5, 0.6) is 0 Å². The molecule has 1 fully saturated rings. The van der Waals surface area contributed by atoms with Gasteiger partial charge in [-0.25, -0.2) is 4.98 Å². The fourth-order valence-electron chi connectivity index (χ4n) is 2.26. The van der Waals surface area contributed by atoms with Crippen molar-refractivity contribution in [3.63, 3.8) is 0 Å². The molecule has 1 saturated heterocycles. The quantitative estimate of drug-likeness (QED) is 0.630. The second kappa shape index (κ2) is 8.83. The lowest BCUT2D eigenvalue weighted by Crippen LogP contribution is -2.37. The van der Waals surface area contributed by atoms with Gasteiger partial charge in [0.25, 0.3) is 0 Å². The van der Waals surface area contributed by atoms with Gasteiger partial charge in [-0.3, -0.25) is 9.59 Å². The lowest BCUT2D eigenvalue weighted by Gasteiger charge is -2.23. The van der Waals surface area contributed by atoms with Crippen LogP contribution in [0.15, 0.2) is 24.4 Å². The lowest BCUT2D eigenvalue weighted by molar-refractivity contribution is -0.148. The molecule has 0 atom stereocenters. The molecule has 22 heavy (non-hydrogen) atoms. The average molecular weight is 300 g/mol. The van der Waals surface area contributed by atoms with Crippen molar-refractivity contribution < 1.29 is 14.3 Å². The largest absolute Gasteiger partial charge is 0.451 e. The van der Waals surface area contributed by atoms with E-state index in [1.54, 1.807) is 17.2 Å². The molecule has 1 aromatic rings. The van der Waals surface area contributed by atoms with Gasteiger partial charge in [-0.05, 0) is 30.9 Å². The average Bonchev–Trinajstić information content (AvgIpc) is 2.52. The molecule has 0 spiro atoms. The maximum absolute atomic E-state index is 11.9. The van der Waals surface area contributed by atoms with Crippen molar-refractivity contribution in [2.24, 2.45) is 0 Å². The van der Waals surface area contributed by atoms with Gasteiger partial charge >= 0.3 is 5.97 Å². The molecule has 0 radical (unpaired) electrons. The smallest absolute Gasteiger partial charge is 0.326 e. The minimum atomic E-state index is -0.413. The maximum atomic E-state index is 11.9. The number of carbonyl (C=O) groups is 2. The molecule has 0 aromatic carbocycles. The standard InChI is InChI=1S/C17H20N2O3/c20-16-10-3-1-2-6-12-19(16)14-17(21)22-13-7-9-15-8-4-5-11-18-15/h4-5,8,11H,1-3,6,10,12-14H2. The molecule has 2 heterocycles. The maximum Gasteiger partial charge on any atom is 0.326 e. The number of carbonyl (C=O) groups excluding carboxylic acids is 2. The number of aromatic nitrogens is 1. The molecule has 116 valence electrons. The summed E-state index contributed by atoms with van der Waals surface area (Å²) in [6.45, 7) is 0.662. The summed E-state index contributed by atoms with van der Waals surface area (Å²) >= 11 is 0. The number of rotatable bonds is 3. The summed E-state index contributed by atoms with van der Waals surface area (Å²) in [6.07, 6.45) is 6.22. The number of hydrogen-bond donors (Lipinski definition) is 0. The van der Waals surface area contributed by atoms with Gasteiger partial charge < -0.3 is 9.64 Å². The molecule has 0 saturated carbocycles. The first kappa shape index (κ1) is 16.0. The Kier molecular flexibility index (Phi) is 6.43. The Bertz CT molecular complexity index is 560. The molecule has 1 aliphatic rings. The van der Waals surface area contributed by atoms with Crippen molar-refractivity contribution in [2.75, 3.05) is 19.7 Å². The van der Waals surface area contributed by atoms with Crippen LogP contribution in [-0.2, 0) is 14.3 Å². The van der Waals surface area contributed by atoms with E-state index >= 15 is 0 Å². The number of pyridine rings is 1. The molecule has 0 N–H and O–H groups in total. The molecule has 0 unspecified atom stereocenters. The normalized spacial score (nSPS) is 15.3. The van der Waals surface area contributed by atoms with Gasteiger partial charge in [0.1, 0.15) is 12.2 Å². The third-order valence-electron chi connectivity index (χ3n) is 3.43. The number of likely N-dealkylation sites (tertiary alicyclic amines) is 1. The van der Waals surface area contributed by atoms with Gasteiger partial charge in [-0.1, -0.05) is 24.8 Å². The van der Waals surface area contributed by atoms with Gasteiger partial charge in [0.05, 0.1) is 0 Å². The molecule has 1 amide bonds. The lowest BCUT2D eigenvalue weighted by atomic mass is 10.1. The van der Waals surface area contributed by atoms with Gasteiger partial charge in [0.2, 0.25) is 5.91 Å². The molecule has 2 rings (SSSR count). The zero-order chi connectivity index (χ0) is 15.6. The van der Waals surface area contributed by atoms with Crippen LogP contribution in [-0.4, -0.2) is 41.5 Å². The second-order valence-corrected chi connectivity index (χ2v) is 5.16. The Morgan fingerprint density at radius 2 is 2.14 bits per heavy atom. The van der Waals surface area contributed by atoms with Crippen LogP contribution in [0, 0.1) is 11.8 Å². The zero-order valence-corrected chi connectivity index (χ0v) is 12.6. The third kappa shape index (κ3) is 5.57. The number of hydrogen-bond acceptors (Lipinski definition) is 4.